The van der Waals surface area contributed by atoms with Crippen LogP contribution in [-0.4, -0.2) is 13.2 Å². The largest absolute Gasteiger partial charge is 0.479 e. The maximum Gasteiger partial charge on any atom is 0.174 e. The topological polar surface area (TPSA) is 45.0 Å². The molecule has 0 spiro atoms. The first-order chi connectivity index (χ1) is 9.72. The van der Waals surface area contributed by atoms with Gasteiger partial charge in [-0.25, -0.2) is 0 Å². The molecule has 3 heteroatoms. The van der Waals surface area contributed by atoms with Gasteiger partial charge in [0, 0.05) is 13.1 Å². The molecule has 0 saturated heterocycles. The molecule has 0 aromatic heterocycles. The van der Waals surface area contributed by atoms with Crippen LogP contribution in [0, 0.1) is 16.7 Å². The van der Waals surface area contributed by atoms with Gasteiger partial charge in [0.2, 0.25) is 0 Å². The first-order valence-corrected chi connectivity index (χ1v) is 7.51. The van der Waals surface area contributed by atoms with Crippen LogP contribution >= 0.6 is 0 Å². The zero-order valence-corrected chi connectivity index (χ0v) is 12.3. The molecule has 2 rings (SSSR count). The van der Waals surface area contributed by atoms with Crippen molar-refractivity contribution in [2.24, 2.45) is 5.41 Å². The van der Waals surface area contributed by atoms with Gasteiger partial charge in [0.25, 0.3) is 0 Å². The molecule has 108 valence electrons. The molecule has 0 atom stereocenters. The fraction of sp³-hybridized carbons (Fsp3) is 0.588. The van der Waals surface area contributed by atoms with Gasteiger partial charge in [-0.3, -0.25) is 0 Å². The first kappa shape index (κ1) is 14.9. The molecule has 0 radical (unpaired) electrons. The Morgan fingerprint density at radius 3 is 2.55 bits per heavy atom. The highest BCUT2D eigenvalue weighted by Crippen LogP contribution is 2.34. The Morgan fingerprint density at radius 1 is 1.20 bits per heavy atom. The lowest BCUT2D eigenvalue weighted by Gasteiger charge is -2.33. The van der Waals surface area contributed by atoms with E-state index in [1.165, 1.54) is 37.7 Å². The number of benzene rings is 1. The van der Waals surface area contributed by atoms with Crippen molar-refractivity contribution in [3.8, 4) is 11.8 Å². The minimum Gasteiger partial charge on any atom is -0.479 e. The van der Waals surface area contributed by atoms with E-state index in [1.807, 2.05) is 18.2 Å². The van der Waals surface area contributed by atoms with Crippen molar-refractivity contribution >= 4 is 0 Å². The third-order valence-corrected chi connectivity index (χ3v) is 4.17. The number of ether oxygens (including phenoxy) is 1. The summed E-state index contributed by atoms with van der Waals surface area (Å²) in [4.78, 5) is 0. The van der Waals surface area contributed by atoms with Crippen LogP contribution in [0.4, 0.5) is 0 Å². The highest BCUT2D eigenvalue weighted by molar-refractivity contribution is 5.27. The maximum atomic E-state index is 8.46. The van der Waals surface area contributed by atoms with Crippen molar-refractivity contribution in [1.29, 1.82) is 5.26 Å². The summed E-state index contributed by atoms with van der Waals surface area (Å²) < 4.78 is 5.24. The molecule has 0 unspecified atom stereocenters. The third kappa shape index (κ3) is 4.54. The van der Waals surface area contributed by atoms with Crippen molar-refractivity contribution in [1.82, 2.24) is 5.32 Å². The summed E-state index contributed by atoms with van der Waals surface area (Å²) in [6.07, 6.45) is 6.86. The van der Waals surface area contributed by atoms with Gasteiger partial charge in [-0.1, -0.05) is 38.3 Å². The summed E-state index contributed by atoms with van der Waals surface area (Å²) in [5.74, 6) is 0.759. The van der Waals surface area contributed by atoms with Crippen molar-refractivity contribution in [2.45, 2.75) is 45.6 Å². The molecule has 0 amide bonds. The Kier molecular flexibility index (Phi) is 5.43. The highest BCUT2D eigenvalue weighted by atomic mass is 16.5. The zero-order chi connectivity index (χ0) is 14.3. The van der Waals surface area contributed by atoms with E-state index in [4.69, 9.17) is 10.00 Å². The molecule has 1 aliphatic rings. The van der Waals surface area contributed by atoms with E-state index in [0.29, 0.717) is 5.41 Å². The molecule has 1 saturated carbocycles. The van der Waals surface area contributed by atoms with E-state index in [2.05, 4.69) is 24.4 Å². The van der Waals surface area contributed by atoms with Gasteiger partial charge in [-0.05, 0) is 36.0 Å². The molecule has 1 aliphatic carbocycles. The third-order valence-electron chi connectivity index (χ3n) is 4.17. The lowest BCUT2D eigenvalue weighted by Crippen LogP contribution is -2.33. The van der Waals surface area contributed by atoms with Crippen LogP contribution in [0.5, 0.6) is 5.75 Å². The summed E-state index contributed by atoms with van der Waals surface area (Å²) in [5, 5.41) is 12.0. The van der Waals surface area contributed by atoms with Gasteiger partial charge in [0.05, 0.1) is 0 Å². The van der Waals surface area contributed by atoms with Crippen LogP contribution in [-0.2, 0) is 6.54 Å². The number of nitrogens with zero attached hydrogens (tertiary/aromatic N) is 1. The smallest absolute Gasteiger partial charge is 0.174 e. The van der Waals surface area contributed by atoms with Crippen LogP contribution in [0.1, 0.15) is 44.6 Å². The van der Waals surface area contributed by atoms with E-state index in [0.717, 1.165) is 18.8 Å². The lowest BCUT2D eigenvalue weighted by atomic mass is 9.76. The SMILES string of the molecule is CC1(CNCc2ccc(OCC#N)cc2)CCCCC1. The fourth-order valence-corrected chi connectivity index (χ4v) is 2.91. The average molecular weight is 272 g/mol. The van der Waals surface area contributed by atoms with E-state index in [1.54, 1.807) is 0 Å². The number of hydrogen-bond donors (Lipinski definition) is 1. The summed E-state index contributed by atoms with van der Waals surface area (Å²) >= 11 is 0. The van der Waals surface area contributed by atoms with Crippen molar-refractivity contribution in [3.63, 3.8) is 0 Å². The summed E-state index contributed by atoms with van der Waals surface area (Å²) in [5.41, 5.74) is 1.74. The molecule has 0 aliphatic heterocycles. The van der Waals surface area contributed by atoms with Crippen LogP contribution in [0.2, 0.25) is 0 Å². The van der Waals surface area contributed by atoms with Crippen molar-refractivity contribution in [3.05, 3.63) is 29.8 Å². The molecule has 0 heterocycles. The van der Waals surface area contributed by atoms with Crippen LogP contribution in [0.15, 0.2) is 24.3 Å². The Labute approximate surface area is 121 Å². The maximum absolute atomic E-state index is 8.46. The zero-order valence-electron chi connectivity index (χ0n) is 12.3. The Balaban J connectivity index is 1.75. The minimum absolute atomic E-state index is 0.107. The molecule has 1 fully saturated rings. The fourth-order valence-electron chi connectivity index (χ4n) is 2.91. The van der Waals surface area contributed by atoms with E-state index in [-0.39, 0.29) is 6.61 Å². The molecule has 1 aromatic carbocycles. The Bertz CT molecular complexity index is 441. The van der Waals surface area contributed by atoms with E-state index >= 15 is 0 Å². The van der Waals surface area contributed by atoms with Gasteiger partial charge in [-0.15, -0.1) is 0 Å². The number of rotatable bonds is 6. The number of nitrogens with one attached hydrogen (secondary N) is 1. The second-order valence-corrected chi connectivity index (χ2v) is 6.07. The van der Waals surface area contributed by atoms with Gasteiger partial charge in [-0.2, -0.15) is 5.26 Å². The second kappa shape index (κ2) is 7.31. The molecule has 0 bridgehead atoms. The predicted octanol–water partition coefficient (Wildman–Crippen LogP) is 3.65. The Morgan fingerprint density at radius 2 is 1.90 bits per heavy atom. The van der Waals surface area contributed by atoms with Crippen molar-refractivity contribution in [2.75, 3.05) is 13.2 Å². The molecule has 1 N–H and O–H groups in total. The standard InChI is InChI=1S/C17H24N2O/c1-17(9-3-2-4-10-17)14-19-13-15-5-7-16(8-6-15)20-12-11-18/h5-8,19H,2-4,9-10,12-14H2,1H3. The summed E-state index contributed by atoms with van der Waals surface area (Å²) in [6, 6.07) is 9.94. The highest BCUT2D eigenvalue weighted by Gasteiger charge is 2.25. The van der Waals surface area contributed by atoms with Gasteiger partial charge >= 0.3 is 0 Å². The molecular formula is C17H24N2O. The van der Waals surface area contributed by atoms with Gasteiger partial charge in [0.15, 0.2) is 6.61 Å². The van der Waals surface area contributed by atoms with Crippen LogP contribution < -0.4 is 10.1 Å². The molecular weight excluding hydrogens is 248 g/mol. The second-order valence-electron chi connectivity index (χ2n) is 6.07. The van der Waals surface area contributed by atoms with Gasteiger partial charge in [0.1, 0.15) is 11.8 Å². The minimum atomic E-state index is 0.107. The van der Waals surface area contributed by atoms with E-state index in [9.17, 15) is 0 Å². The number of hydrogen-bond acceptors (Lipinski definition) is 3. The summed E-state index contributed by atoms with van der Waals surface area (Å²) in [7, 11) is 0. The summed E-state index contributed by atoms with van der Waals surface area (Å²) in [6.45, 7) is 4.50. The van der Waals surface area contributed by atoms with Gasteiger partial charge < -0.3 is 10.1 Å². The average Bonchev–Trinajstić information content (AvgIpc) is 2.47. The first-order valence-electron chi connectivity index (χ1n) is 7.51. The molecule has 1 aromatic rings. The number of nitriles is 1. The quantitative estimate of drug-likeness (QED) is 0.859. The Hall–Kier alpha value is -1.53. The lowest BCUT2D eigenvalue weighted by molar-refractivity contribution is 0.207. The monoisotopic (exact) mass is 272 g/mol. The molecule has 3 nitrogen and oxygen atoms in total. The normalized spacial score (nSPS) is 17.4. The van der Waals surface area contributed by atoms with E-state index < -0.39 is 0 Å². The van der Waals surface area contributed by atoms with Crippen molar-refractivity contribution < 1.29 is 4.74 Å². The van der Waals surface area contributed by atoms with Crippen LogP contribution in [0.3, 0.4) is 0 Å². The molecule has 20 heavy (non-hydrogen) atoms. The predicted molar refractivity (Wildman–Crippen MR) is 80.4 cm³/mol. The van der Waals surface area contributed by atoms with Crippen LogP contribution in [0.25, 0.3) is 0 Å².